The van der Waals surface area contributed by atoms with Crippen molar-refractivity contribution < 1.29 is 8.83 Å². The third-order valence-corrected chi connectivity index (χ3v) is 17.9. The van der Waals surface area contributed by atoms with E-state index in [-0.39, 0.29) is 5.41 Å². The summed E-state index contributed by atoms with van der Waals surface area (Å²) in [5.41, 5.74) is 24.8. The highest BCUT2D eigenvalue weighted by atomic mass is 16.3. The molecule has 16 rings (SSSR count). The molecular formula is C73H54N4O2. The number of aryl methyl sites for hydroxylation is 1. The highest BCUT2D eigenvalue weighted by Crippen LogP contribution is 2.64. The molecule has 0 aliphatic heterocycles. The van der Waals surface area contributed by atoms with Crippen LogP contribution in [0.25, 0.3) is 111 Å². The van der Waals surface area contributed by atoms with Crippen LogP contribution < -0.4 is 4.90 Å². The number of furan rings is 2. The van der Waals surface area contributed by atoms with Crippen LogP contribution in [0.3, 0.4) is 0 Å². The normalized spacial score (nSPS) is 14.8. The van der Waals surface area contributed by atoms with Crippen LogP contribution in [-0.2, 0) is 16.2 Å². The van der Waals surface area contributed by atoms with Crippen molar-refractivity contribution in [1.29, 1.82) is 0 Å². The van der Waals surface area contributed by atoms with E-state index in [1.807, 2.05) is 36.4 Å². The summed E-state index contributed by atoms with van der Waals surface area (Å²) in [6, 6.07) is 71.8. The van der Waals surface area contributed by atoms with E-state index in [1.165, 1.54) is 77.7 Å². The van der Waals surface area contributed by atoms with Crippen molar-refractivity contribution in [3.05, 3.63) is 239 Å². The number of aromatic nitrogens is 3. The molecule has 0 radical (unpaired) electrons. The number of nitrogens with zero attached hydrogens (tertiary/aromatic N) is 4. The minimum absolute atomic E-state index is 0.284. The van der Waals surface area contributed by atoms with Gasteiger partial charge in [0, 0.05) is 71.4 Å². The van der Waals surface area contributed by atoms with Crippen molar-refractivity contribution >= 4 is 61.2 Å². The summed E-state index contributed by atoms with van der Waals surface area (Å²) in [6.45, 7) is 16.5. The quantitative estimate of drug-likeness (QED) is 0.165. The Morgan fingerprint density at radius 2 is 0.861 bits per heavy atom. The Labute approximate surface area is 458 Å². The summed E-state index contributed by atoms with van der Waals surface area (Å²) in [6.07, 6.45) is 0. The van der Waals surface area contributed by atoms with Crippen LogP contribution in [0.1, 0.15) is 80.5 Å². The Kier molecular flexibility index (Phi) is 9.32. The fraction of sp³-hybridized carbons (Fsp3) is 0.137. The van der Waals surface area contributed by atoms with Crippen LogP contribution in [0.15, 0.2) is 209 Å². The first-order chi connectivity index (χ1) is 38.4. The summed E-state index contributed by atoms with van der Waals surface area (Å²) in [7, 11) is 0. The van der Waals surface area contributed by atoms with Crippen molar-refractivity contribution in [3.8, 4) is 67.3 Å². The Hall–Kier alpha value is -9.39. The van der Waals surface area contributed by atoms with Gasteiger partial charge in [0.1, 0.15) is 22.3 Å². The van der Waals surface area contributed by atoms with E-state index in [9.17, 15) is 0 Å². The van der Waals surface area contributed by atoms with E-state index in [1.54, 1.807) is 0 Å². The van der Waals surface area contributed by atoms with Gasteiger partial charge in [0.25, 0.3) is 0 Å². The zero-order chi connectivity index (χ0) is 53.3. The second-order valence-corrected chi connectivity index (χ2v) is 23.5. The van der Waals surface area contributed by atoms with Gasteiger partial charge in [0.2, 0.25) is 5.95 Å². The van der Waals surface area contributed by atoms with Crippen LogP contribution in [0.4, 0.5) is 17.3 Å². The molecule has 3 heterocycles. The molecule has 0 amide bonds. The minimum atomic E-state index is -0.429. The first-order valence-corrected chi connectivity index (χ1v) is 27.5. The average Bonchev–Trinajstić information content (AvgIpc) is 1.91. The van der Waals surface area contributed by atoms with Gasteiger partial charge < -0.3 is 8.83 Å². The lowest BCUT2D eigenvalue weighted by Crippen LogP contribution is -2.24. The maximum absolute atomic E-state index is 7.04. The molecule has 6 heteroatoms. The van der Waals surface area contributed by atoms with Gasteiger partial charge in [0.15, 0.2) is 11.6 Å². The third kappa shape index (κ3) is 6.31. The summed E-state index contributed by atoms with van der Waals surface area (Å²) >= 11 is 0. The SMILES string of the molecule is Cc1ccc(-c2cc3c(c4c2oc2ccccc24)-c2ccc(N(c4ccc5c(c4)C(C)(C)c4c6c(c7oc8ccccc8c7c4-5)-c4ccccc4C6(C)C)c4nc(-c5ccccc5)nc(-c5ccccc5)n4)cc2C3(C)C)cc1. The molecule has 0 N–H and O–H groups in total. The number of anilines is 3. The van der Waals surface area contributed by atoms with E-state index in [2.05, 4.69) is 217 Å². The molecule has 0 bridgehead atoms. The Morgan fingerprint density at radius 3 is 1.49 bits per heavy atom. The van der Waals surface area contributed by atoms with Gasteiger partial charge in [-0.2, -0.15) is 9.97 Å². The third-order valence-electron chi connectivity index (χ3n) is 17.9. The smallest absolute Gasteiger partial charge is 0.238 e. The van der Waals surface area contributed by atoms with Gasteiger partial charge in [-0.1, -0.05) is 205 Å². The van der Waals surface area contributed by atoms with Crippen molar-refractivity contribution in [2.75, 3.05) is 4.90 Å². The number of rotatable bonds is 6. The molecule has 378 valence electrons. The summed E-state index contributed by atoms with van der Waals surface area (Å²) in [4.78, 5) is 18.4. The fourth-order valence-electron chi connectivity index (χ4n) is 14.1. The molecule has 6 nitrogen and oxygen atoms in total. The van der Waals surface area contributed by atoms with Crippen molar-refractivity contribution in [1.82, 2.24) is 15.0 Å². The molecule has 3 aromatic heterocycles. The largest absolute Gasteiger partial charge is 0.455 e. The molecule has 0 spiro atoms. The zero-order valence-corrected chi connectivity index (χ0v) is 45.2. The van der Waals surface area contributed by atoms with E-state index in [4.69, 9.17) is 23.8 Å². The molecule has 0 saturated carbocycles. The van der Waals surface area contributed by atoms with Crippen LogP contribution >= 0.6 is 0 Å². The number of hydrogen-bond donors (Lipinski definition) is 0. The maximum Gasteiger partial charge on any atom is 0.238 e. The molecule has 0 fully saturated rings. The van der Waals surface area contributed by atoms with Gasteiger partial charge in [0.05, 0.1) is 0 Å². The molecule has 3 aliphatic carbocycles. The number of benzene rings is 10. The lowest BCUT2D eigenvalue weighted by atomic mass is 9.72. The molecular weight excluding hydrogens is 965 g/mol. The molecule has 0 atom stereocenters. The van der Waals surface area contributed by atoms with Gasteiger partial charge in [-0.3, -0.25) is 4.90 Å². The zero-order valence-electron chi connectivity index (χ0n) is 45.2. The Balaban J connectivity index is 0.952. The minimum Gasteiger partial charge on any atom is -0.455 e. The highest BCUT2D eigenvalue weighted by molar-refractivity contribution is 6.21. The second kappa shape index (κ2) is 16.1. The molecule has 0 saturated heterocycles. The number of para-hydroxylation sites is 2. The van der Waals surface area contributed by atoms with Gasteiger partial charge >= 0.3 is 0 Å². The molecule has 13 aromatic rings. The topological polar surface area (TPSA) is 68.2 Å². The monoisotopic (exact) mass is 1020 g/mol. The number of hydrogen-bond acceptors (Lipinski definition) is 6. The van der Waals surface area contributed by atoms with Crippen LogP contribution in [0, 0.1) is 6.92 Å². The summed E-state index contributed by atoms with van der Waals surface area (Å²) in [5.74, 6) is 1.73. The predicted molar refractivity (Wildman–Crippen MR) is 323 cm³/mol. The van der Waals surface area contributed by atoms with E-state index in [0.717, 1.165) is 72.1 Å². The Morgan fingerprint density at radius 1 is 0.367 bits per heavy atom. The lowest BCUT2D eigenvalue weighted by Gasteiger charge is -2.31. The number of fused-ring (bicyclic) bond motifs is 19. The van der Waals surface area contributed by atoms with E-state index >= 15 is 0 Å². The first kappa shape index (κ1) is 45.8. The maximum atomic E-state index is 7.04. The van der Waals surface area contributed by atoms with Crippen molar-refractivity contribution in [3.63, 3.8) is 0 Å². The summed E-state index contributed by atoms with van der Waals surface area (Å²) in [5, 5.41) is 4.57. The molecule has 10 aromatic carbocycles. The first-order valence-electron chi connectivity index (χ1n) is 27.5. The van der Waals surface area contributed by atoms with Crippen LogP contribution in [0.5, 0.6) is 0 Å². The van der Waals surface area contributed by atoms with Crippen molar-refractivity contribution in [2.45, 2.75) is 64.7 Å². The molecule has 0 unspecified atom stereocenters. The van der Waals surface area contributed by atoms with Gasteiger partial charge in [-0.15, -0.1) is 0 Å². The van der Waals surface area contributed by atoms with E-state index < -0.39 is 10.8 Å². The molecule has 79 heavy (non-hydrogen) atoms. The predicted octanol–water partition coefficient (Wildman–Crippen LogP) is 19.4. The van der Waals surface area contributed by atoms with Crippen LogP contribution in [0.2, 0.25) is 0 Å². The summed E-state index contributed by atoms with van der Waals surface area (Å²) < 4.78 is 13.9. The average molecular weight is 1020 g/mol. The highest BCUT2D eigenvalue weighted by Gasteiger charge is 2.49. The van der Waals surface area contributed by atoms with Gasteiger partial charge in [-0.05, 0) is 116 Å². The Bertz CT molecular complexity index is 4690. The lowest BCUT2D eigenvalue weighted by molar-refractivity contribution is 0.600. The van der Waals surface area contributed by atoms with Gasteiger partial charge in [-0.25, -0.2) is 4.98 Å². The van der Waals surface area contributed by atoms with Crippen LogP contribution in [-0.4, -0.2) is 15.0 Å². The van der Waals surface area contributed by atoms with E-state index in [0.29, 0.717) is 17.6 Å². The standard InChI is InChI=1S/C73H54N4O2/c1-41-30-32-42(33-31-41)52-40-56-59(61-50-25-15-18-28-57(50)78-66(52)61)48-36-34-45(38-54(48)71(56,2)3)77(70-75-68(43-20-10-8-11-21-43)74-69(76-70)44-22-12-9-13-23-44)46-35-37-49-55(39-46)73(6,7)64-60(49)62-51-26-16-19-29-58(51)79-67(62)63-47-24-14-17-27-53(47)72(4,5)65(63)64/h8-40H,1-7H3. The van der Waals surface area contributed by atoms with Crippen molar-refractivity contribution in [2.24, 2.45) is 0 Å². The molecule has 3 aliphatic rings. The second-order valence-electron chi connectivity index (χ2n) is 23.5. The fourth-order valence-corrected chi connectivity index (χ4v) is 14.1.